The van der Waals surface area contributed by atoms with E-state index in [9.17, 15) is 9.59 Å². The van der Waals surface area contributed by atoms with Gasteiger partial charge in [-0.15, -0.1) is 0 Å². The van der Waals surface area contributed by atoms with Crippen LogP contribution in [0.5, 0.6) is 0 Å². The van der Waals surface area contributed by atoms with Crippen LogP contribution in [0.3, 0.4) is 0 Å². The van der Waals surface area contributed by atoms with Gasteiger partial charge in [0, 0.05) is 18.7 Å². The summed E-state index contributed by atoms with van der Waals surface area (Å²) in [6, 6.07) is 7.61. The number of aryl methyl sites for hydroxylation is 1. The molecule has 1 amide bonds. The Morgan fingerprint density at radius 3 is 2.32 bits per heavy atom. The predicted octanol–water partition coefficient (Wildman–Crippen LogP) is 2.85. The Bertz CT molecular complexity index is 480. The molecule has 0 saturated heterocycles. The molecular weight excluding hydrogens is 242 g/mol. The summed E-state index contributed by atoms with van der Waals surface area (Å²) in [6.07, 6.45) is -0.00942. The van der Waals surface area contributed by atoms with Crippen LogP contribution < -0.4 is 4.90 Å². The van der Waals surface area contributed by atoms with E-state index in [4.69, 9.17) is 5.11 Å². The minimum Gasteiger partial charge on any atom is -0.481 e. The van der Waals surface area contributed by atoms with Crippen molar-refractivity contribution in [1.29, 1.82) is 0 Å². The van der Waals surface area contributed by atoms with Gasteiger partial charge in [-0.3, -0.25) is 9.59 Å². The highest BCUT2D eigenvalue weighted by Gasteiger charge is 2.32. The second-order valence-electron chi connectivity index (χ2n) is 5.29. The summed E-state index contributed by atoms with van der Waals surface area (Å²) in [6.45, 7) is 7.49. The van der Waals surface area contributed by atoms with Crippen molar-refractivity contribution >= 4 is 17.6 Å². The van der Waals surface area contributed by atoms with Gasteiger partial charge in [0.15, 0.2) is 0 Å². The summed E-state index contributed by atoms with van der Waals surface area (Å²) < 4.78 is 0. The molecule has 1 aromatic carbocycles. The van der Waals surface area contributed by atoms with Gasteiger partial charge in [-0.25, -0.2) is 0 Å². The van der Waals surface area contributed by atoms with Crippen LogP contribution in [0.4, 0.5) is 5.69 Å². The lowest BCUT2D eigenvalue weighted by Crippen LogP contribution is -2.37. The Hall–Kier alpha value is -1.84. The van der Waals surface area contributed by atoms with Gasteiger partial charge in [0.2, 0.25) is 5.91 Å². The smallest absolute Gasteiger partial charge is 0.309 e. The number of nitrogens with zero attached hydrogens (tertiary/aromatic N) is 1. The van der Waals surface area contributed by atoms with Crippen molar-refractivity contribution in [1.82, 2.24) is 0 Å². The molecule has 0 unspecified atom stereocenters. The monoisotopic (exact) mass is 263 g/mol. The molecular formula is C15H21NO3. The molecule has 1 N–H and O–H groups in total. The average molecular weight is 263 g/mol. The fourth-order valence-corrected chi connectivity index (χ4v) is 1.90. The fourth-order valence-electron chi connectivity index (χ4n) is 1.90. The number of carbonyl (C=O) groups is 2. The zero-order valence-electron chi connectivity index (χ0n) is 11.9. The van der Waals surface area contributed by atoms with Gasteiger partial charge in [0.1, 0.15) is 0 Å². The van der Waals surface area contributed by atoms with E-state index in [2.05, 4.69) is 0 Å². The number of amides is 1. The van der Waals surface area contributed by atoms with Gasteiger partial charge in [-0.05, 0) is 39.3 Å². The molecule has 4 nitrogen and oxygen atoms in total. The Morgan fingerprint density at radius 2 is 1.84 bits per heavy atom. The number of para-hydroxylation sites is 1. The first kappa shape index (κ1) is 15.2. The number of hydrogen-bond donors (Lipinski definition) is 1. The van der Waals surface area contributed by atoms with E-state index in [-0.39, 0.29) is 12.3 Å². The van der Waals surface area contributed by atoms with E-state index in [1.807, 2.05) is 38.1 Å². The van der Waals surface area contributed by atoms with E-state index in [1.54, 1.807) is 18.7 Å². The largest absolute Gasteiger partial charge is 0.481 e. The summed E-state index contributed by atoms with van der Waals surface area (Å²) in [5, 5.41) is 9.10. The molecule has 1 rings (SSSR count). The van der Waals surface area contributed by atoms with E-state index in [0.717, 1.165) is 11.3 Å². The molecule has 0 heterocycles. The highest BCUT2D eigenvalue weighted by atomic mass is 16.4. The molecule has 0 radical (unpaired) electrons. The molecule has 0 aromatic heterocycles. The Kier molecular flexibility index (Phi) is 4.70. The van der Waals surface area contributed by atoms with Crippen molar-refractivity contribution in [3.63, 3.8) is 0 Å². The average Bonchev–Trinajstić information content (AvgIpc) is 2.31. The SMILES string of the molecule is CCN(C(=O)CC(C)(C)C(=O)O)c1ccccc1C. The lowest BCUT2D eigenvalue weighted by molar-refractivity contribution is -0.149. The van der Waals surface area contributed by atoms with Gasteiger partial charge in [-0.1, -0.05) is 18.2 Å². The maximum Gasteiger partial charge on any atom is 0.309 e. The zero-order chi connectivity index (χ0) is 14.6. The lowest BCUT2D eigenvalue weighted by atomic mass is 9.89. The van der Waals surface area contributed by atoms with E-state index >= 15 is 0 Å². The Morgan fingerprint density at radius 1 is 1.26 bits per heavy atom. The standard InChI is InChI=1S/C15H21NO3/c1-5-16(12-9-7-6-8-11(12)2)13(17)10-15(3,4)14(18)19/h6-9H,5,10H2,1-4H3,(H,18,19). The molecule has 0 aliphatic heterocycles. The number of hydrogen-bond acceptors (Lipinski definition) is 2. The Labute approximate surface area is 114 Å². The molecule has 104 valence electrons. The second kappa shape index (κ2) is 5.87. The highest BCUT2D eigenvalue weighted by molar-refractivity contribution is 5.96. The van der Waals surface area contributed by atoms with Gasteiger partial charge in [-0.2, -0.15) is 0 Å². The molecule has 0 aliphatic carbocycles. The number of rotatable bonds is 5. The molecule has 0 fully saturated rings. The third-order valence-electron chi connectivity index (χ3n) is 3.20. The van der Waals surface area contributed by atoms with Gasteiger partial charge in [0.25, 0.3) is 0 Å². The van der Waals surface area contributed by atoms with Gasteiger partial charge < -0.3 is 10.0 Å². The number of carbonyl (C=O) groups excluding carboxylic acids is 1. The van der Waals surface area contributed by atoms with Gasteiger partial charge >= 0.3 is 5.97 Å². The second-order valence-corrected chi connectivity index (χ2v) is 5.29. The number of anilines is 1. The number of benzene rings is 1. The van der Waals surface area contributed by atoms with Crippen LogP contribution in [0.25, 0.3) is 0 Å². The molecule has 0 atom stereocenters. The van der Waals surface area contributed by atoms with E-state index in [1.165, 1.54) is 0 Å². The van der Waals surface area contributed by atoms with Crippen molar-refractivity contribution in [3.05, 3.63) is 29.8 Å². The van der Waals surface area contributed by atoms with Crippen molar-refractivity contribution < 1.29 is 14.7 Å². The van der Waals surface area contributed by atoms with Crippen LogP contribution in [-0.4, -0.2) is 23.5 Å². The first-order chi connectivity index (χ1) is 8.79. The zero-order valence-corrected chi connectivity index (χ0v) is 11.9. The predicted molar refractivity (Wildman–Crippen MR) is 75.2 cm³/mol. The summed E-state index contributed by atoms with van der Waals surface area (Å²) in [5.74, 6) is -1.12. The minimum absolute atomic E-state index is 0.00942. The van der Waals surface area contributed by atoms with Crippen molar-refractivity contribution in [2.75, 3.05) is 11.4 Å². The third-order valence-corrected chi connectivity index (χ3v) is 3.20. The summed E-state index contributed by atoms with van der Waals surface area (Å²) in [5.41, 5.74) is 0.801. The van der Waals surface area contributed by atoms with Crippen LogP contribution in [0, 0.1) is 12.3 Å². The summed E-state index contributed by atoms with van der Waals surface area (Å²) in [4.78, 5) is 25.0. The lowest BCUT2D eigenvalue weighted by Gasteiger charge is -2.26. The summed E-state index contributed by atoms with van der Waals surface area (Å²) in [7, 11) is 0. The van der Waals surface area contributed by atoms with Crippen LogP contribution in [0.1, 0.15) is 32.8 Å². The molecule has 0 saturated carbocycles. The molecule has 4 heteroatoms. The maximum atomic E-state index is 12.3. The van der Waals surface area contributed by atoms with Crippen molar-refractivity contribution in [2.45, 2.75) is 34.1 Å². The van der Waals surface area contributed by atoms with Crippen LogP contribution in [0.2, 0.25) is 0 Å². The molecule has 0 spiro atoms. The molecule has 19 heavy (non-hydrogen) atoms. The van der Waals surface area contributed by atoms with Crippen molar-refractivity contribution in [3.8, 4) is 0 Å². The topological polar surface area (TPSA) is 57.6 Å². The minimum atomic E-state index is -1.05. The Balaban J connectivity index is 2.96. The first-order valence-electron chi connectivity index (χ1n) is 6.39. The number of carboxylic acids is 1. The summed E-state index contributed by atoms with van der Waals surface area (Å²) >= 11 is 0. The van der Waals surface area contributed by atoms with Crippen LogP contribution in [0.15, 0.2) is 24.3 Å². The van der Waals surface area contributed by atoms with Gasteiger partial charge in [0.05, 0.1) is 5.41 Å². The maximum absolute atomic E-state index is 12.3. The highest BCUT2D eigenvalue weighted by Crippen LogP contribution is 2.25. The normalized spacial score (nSPS) is 11.2. The van der Waals surface area contributed by atoms with Crippen molar-refractivity contribution in [2.24, 2.45) is 5.41 Å². The number of carboxylic acid groups (broad SMARTS) is 1. The van der Waals surface area contributed by atoms with Crippen LogP contribution in [-0.2, 0) is 9.59 Å². The molecule has 0 aliphatic rings. The van der Waals surface area contributed by atoms with E-state index in [0.29, 0.717) is 6.54 Å². The fraction of sp³-hybridized carbons (Fsp3) is 0.467. The third kappa shape index (κ3) is 3.56. The van der Waals surface area contributed by atoms with E-state index < -0.39 is 11.4 Å². The number of aliphatic carboxylic acids is 1. The molecule has 1 aromatic rings. The first-order valence-corrected chi connectivity index (χ1v) is 6.39. The quantitative estimate of drug-likeness (QED) is 0.888. The molecule has 0 bridgehead atoms. The van der Waals surface area contributed by atoms with Crippen LogP contribution >= 0.6 is 0 Å².